The summed E-state index contributed by atoms with van der Waals surface area (Å²) in [6.45, 7) is 8.85. The summed E-state index contributed by atoms with van der Waals surface area (Å²) < 4.78 is 4.94. The van der Waals surface area contributed by atoms with E-state index < -0.39 is 6.29 Å². The van der Waals surface area contributed by atoms with Crippen LogP contribution in [0.25, 0.3) is 0 Å². The molecule has 25 heavy (non-hydrogen) atoms. The first-order chi connectivity index (χ1) is 12.0. The molecule has 146 valence electrons. The number of aliphatic hydroxyl groups excluding tert-OH is 1. The lowest BCUT2D eigenvalue weighted by Crippen LogP contribution is -2.45. The molecular formula is C22H41NO2. The van der Waals surface area contributed by atoms with Crippen LogP contribution in [0, 0.1) is 23.2 Å². The van der Waals surface area contributed by atoms with E-state index in [4.69, 9.17) is 4.74 Å². The average Bonchev–Trinajstić information content (AvgIpc) is 2.81. The van der Waals surface area contributed by atoms with E-state index in [9.17, 15) is 5.11 Å². The van der Waals surface area contributed by atoms with Gasteiger partial charge in [-0.25, -0.2) is 0 Å². The number of fused-ring (bicyclic) bond motifs is 3. The molecule has 1 aliphatic heterocycles. The monoisotopic (exact) mass is 351 g/mol. The van der Waals surface area contributed by atoms with Crippen molar-refractivity contribution in [2.75, 3.05) is 13.7 Å². The minimum absolute atomic E-state index is 0.456. The summed E-state index contributed by atoms with van der Waals surface area (Å²) >= 11 is 0. The van der Waals surface area contributed by atoms with Crippen molar-refractivity contribution in [3.05, 3.63) is 0 Å². The van der Waals surface area contributed by atoms with Gasteiger partial charge in [0, 0.05) is 19.2 Å². The number of ether oxygens (including phenoxy) is 1. The van der Waals surface area contributed by atoms with Gasteiger partial charge in [0.05, 0.1) is 0 Å². The molecule has 0 spiro atoms. The number of hydrogen-bond acceptors (Lipinski definition) is 3. The molecule has 0 aromatic heterocycles. The molecule has 3 rings (SSSR count). The highest BCUT2D eigenvalue weighted by atomic mass is 16.6. The molecule has 1 heterocycles. The molecule has 0 aromatic rings. The van der Waals surface area contributed by atoms with Gasteiger partial charge in [-0.05, 0) is 75.2 Å². The molecule has 0 aromatic carbocycles. The highest BCUT2D eigenvalue weighted by molar-refractivity contribution is 5.09. The van der Waals surface area contributed by atoms with Crippen molar-refractivity contribution >= 4 is 0 Å². The van der Waals surface area contributed by atoms with E-state index >= 15 is 0 Å². The quantitative estimate of drug-likeness (QED) is 0.527. The number of rotatable bonds is 7. The van der Waals surface area contributed by atoms with Crippen molar-refractivity contribution in [2.24, 2.45) is 23.2 Å². The van der Waals surface area contributed by atoms with Gasteiger partial charge in [-0.3, -0.25) is 4.90 Å². The largest absolute Gasteiger partial charge is 0.368 e. The Morgan fingerprint density at radius 2 is 1.84 bits per heavy atom. The van der Waals surface area contributed by atoms with Crippen LogP contribution in [0.2, 0.25) is 0 Å². The number of nitrogens with zero attached hydrogens (tertiary/aromatic N) is 1. The molecule has 6 atom stereocenters. The summed E-state index contributed by atoms with van der Waals surface area (Å²) in [6.07, 6.45) is 12.6. The fraction of sp³-hybridized carbons (Fsp3) is 1.00. The van der Waals surface area contributed by atoms with Crippen LogP contribution in [0.1, 0.15) is 85.0 Å². The second kappa shape index (κ2) is 8.27. The van der Waals surface area contributed by atoms with Crippen LogP contribution in [0.5, 0.6) is 0 Å². The number of hydrogen-bond donors (Lipinski definition) is 1. The Labute approximate surface area is 155 Å². The molecule has 3 nitrogen and oxygen atoms in total. The summed E-state index contributed by atoms with van der Waals surface area (Å²) in [4.78, 5) is 2.88. The lowest BCUT2D eigenvalue weighted by Gasteiger charge is -2.48. The van der Waals surface area contributed by atoms with Crippen molar-refractivity contribution in [2.45, 2.75) is 103 Å². The average molecular weight is 352 g/mol. The van der Waals surface area contributed by atoms with Gasteiger partial charge in [0.1, 0.15) is 0 Å². The summed E-state index contributed by atoms with van der Waals surface area (Å²) in [7, 11) is 1.58. The van der Waals surface area contributed by atoms with Crippen LogP contribution in [0.4, 0.5) is 0 Å². The third-order valence-electron chi connectivity index (χ3n) is 8.18. The number of aliphatic hydroxyl groups is 1. The Bertz CT molecular complexity index is 424. The molecule has 1 saturated heterocycles. The zero-order valence-electron chi connectivity index (χ0n) is 17.0. The summed E-state index contributed by atoms with van der Waals surface area (Å²) in [5.74, 6) is 2.93. The first kappa shape index (κ1) is 19.6. The van der Waals surface area contributed by atoms with Crippen molar-refractivity contribution in [3.63, 3.8) is 0 Å². The van der Waals surface area contributed by atoms with Crippen LogP contribution >= 0.6 is 0 Å². The van der Waals surface area contributed by atoms with Gasteiger partial charge in [0.15, 0.2) is 6.29 Å². The van der Waals surface area contributed by atoms with Gasteiger partial charge in [-0.15, -0.1) is 0 Å². The van der Waals surface area contributed by atoms with E-state index in [0.29, 0.717) is 11.5 Å². The van der Waals surface area contributed by atoms with Crippen molar-refractivity contribution in [1.29, 1.82) is 0 Å². The Hall–Kier alpha value is -0.120. The number of likely N-dealkylation sites (tertiary alicyclic amines) is 1. The number of methoxy groups -OCH3 is 1. The molecule has 2 saturated carbocycles. The predicted molar refractivity (Wildman–Crippen MR) is 103 cm³/mol. The maximum Gasteiger partial charge on any atom is 0.154 e. The van der Waals surface area contributed by atoms with Crippen LogP contribution < -0.4 is 0 Å². The van der Waals surface area contributed by atoms with E-state index in [1.165, 1.54) is 57.9 Å². The van der Waals surface area contributed by atoms with Gasteiger partial charge in [-0.2, -0.15) is 0 Å². The molecule has 0 bridgehead atoms. The fourth-order valence-corrected chi connectivity index (χ4v) is 6.60. The summed E-state index contributed by atoms with van der Waals surface area (Å²) in [5, 5.41) is 9.51. The van der Waals surface area contributed by atoms with Gasteiger partial charge < -0.3 is 9.84 Å². The normalized spacial score (nSPS) is 39.0. The molecule has 3 aliphatic rings. The zero-order valence-corrected chi connectivity index (χ0v) is 17.0. The Morgan fingerprint density at radius 3 is 2.60 bits per heavy atom. The van der Waals surface area contributed by atoms with Crippen LogP contribution in [0.3, 0.4) is 0 Å². The maximum atomic E-state index is 9.51. The predicted octanol–water partition coefficient (Wildman–Crippen LogP) is 4.83. The van der Waals surface area contributed by atoms with E-state index in [-0.39, 0.29) is 0 Å². The van der Waals surface area contributed by atoms with E-state index in [0.717, 1.165) is 36.6 Å². The highest BCUT2D eigenvalue weighted by Gasteiger charge is 2.57. The Balaban J connectivity index is 1.58. The van der Waals surface area contributed by atoms with Crippen LogP contribution in [0.15, 0.2) is 0 Å². The molecular weight excluding hydrogens is 310 g/mol. The zero-order chi connectivity index (χ0) is 18.0. The molecule has 0 amide bonds. The van der Waals surface area contributed by atoms with Crippen molar-refractivity contribution in [1.82, 2.24) is 4.90 Å². The molecule has 6 unspecified atom stereocenters. The lowest BCUT2D eigenvalue weighted by molar-refractivity contribution is -0.0793. The fourth-order valence-electron chi connectivity index (χ4n) is 6.60. The second-order valence-corrected chi connectivity index (χ2v) is 9.65. The summed E-state index contributed by atoms with van der Waals surface area (Å²) in [6, 6.07) is 1.53. The molecule has 1 N–H and O–H groups in total. The minimum atomic E-state index is -0.574. The molecule has 3 heteroatoms. The maximum absolute atomic E-state index is 9.51. The topological polar surface area (TPSA) is 32.7 Å². The van der Waals surface area contributed by atoms with E-state index in [1.54, 1.807) is 7.11 Å². The lowest BCUT2D eigenvalue weighted by atomic mass is 9.57. The van der Waals surface area contributed by atoms with Crippen molar-refractivity contribution < 1.29 is 9.84 Å². The molecule has 0 radical (unpaired) electrons. The van der Waals surface area contributed by atoms with Crippen molar-refractivity contribution in [3.8, 4) is 0 Å². The third-order valence-corrected chi connectivity index (χ3v) is 8.18. The SMILES string of the molecule is COC(O)CCCCCN1C2CCC3CCCCC3C2C(C)(C)C1C. The second-order valence-electron chi connectivity index (χ2n) is 9.65. The van der Waals surface area contributed by atoms with Gasteiger partial charge in [0.2, 0.25) is 0 Å². The van der Waals surface area contributed by atoms with E-state index in [1.807, 2.05) is 0 Å². The smallest absolute Gasteiger partial charge is 0.154 e. The standard InChI is InChI=1S/C22H41NO2/c1-16-22(2,3)21-18-11-8-7-10-17(18)13-14-19(21)23(16)15-9-5-6-12-20(24)25-4/h16-21,24H,5-15H2,1-4H3. The van der Waals surface area contributed by atoms with Crippen LogP contribution in [-0.2, 0) is 4.74 Å². The van der Waals surface area contributed by atoms with Gasteiger partial charge in [-0.1, -0.05) is 39.5 Å². The van der Waals surface area contributed by atoms with Gasteiger partial charge in [0.25, 0.3) is 0 Å². The number of unbranched alkanes of at least 4 members (excludes halogenated alkanes) is 2. The third kappa shape index (κ3) is 3.94. The van der Waals surface area contributed by atoms with Crippen LogP contribution in [-0.4, -0.2) is 42.0 Å². The molecule has 3 fully saturated rings. The Kier molecular flexibility index (Phi) is 6.50. The highest BCUT2D eigenvalue weighted by Crippen LogP contribution is 2.57. The minimum Gasteiger partial charge on any atom is -0.368 e. The first-order valence-electron chi connectivity index (χ1n) is 10.9. The summed E-state index contributed by atoms with van der Waals surface area (Å²) in [5.41, 5.74) is 0.456. The first-order valence-corrected chi connectivity index (χ1v) is 10.9. The van der Waals surface area contributed by atoms with E-state index in [2.05, 4.69) is 25.7 Å². The van der Waals surface area contributed by atoms with Gasteiger partial charge >= 0.3 is 0 Å². The molecule has 2 aliphatic carbocycles. The Morgan fingerprint density at radius 1 is 1.08 bits per heavy atom.